The van der Waals surface area contributed by atoms with E-state index in [0.717, 1.165) is 17.9 Å². The third-order valence-electron chi connectivity index (χ3n) is 2.90. The predicted octanol–water partition coefficient (Wildman–Crippen LogP) is 2.38. The highest BCUT2D eigenvalue weighted by Gasteiger charge is 2.15. The lowest BCUT2D eigenvalue weighted by Crippen LogP contribution is -2.35. The summed E-state index contributed by atoms with van der Waals surface area (Å²) in [6.45, 7) is 2.13. The molecule has 1 N–H and O–H groups in total. The van der Waals surface area contributed by atoms with Gasteiger partial charge in [0.2, 0.25) is 0 Å². The fourth-order valence-corrected chi connectivity index (χ4v) is 2.77. The fourth-order valence-electron chi connectivity index (χ4n) is 1.68. The van der Waals surface area contributed by atoms with E-state index in [0.29, 0.717) is 0 Å². The fraction of sp³-hybridized carbons (Fsp3) is 0.500. The van der Waals surface area contributed by atoms with Crippen molar-refractivity contribution >= 4 is 17.7 Å². The van der Waals surface area contributed by atoms with Crippen molar-refractivity contribution in [3.8, 4) is 0 Å². The van der Waals surface area contributed by atoms with Crippen LogP contribution < -0.4 is 5.32 Å². The summed E-state index contributed by atoms with van der Waals surface area (Å²) in [5.41, 5.74) is 2.68. The Morgan fingerprint density at radius 2 is 2.17 bits per heavy atom. The van der Waals surface area contributed by atoms with E-state index in [1.165, 1.54) is 18.2 Å². The van der Waals surface area contributed by atoms with Crippen molar-refractivity contribution in [3.63, 3.8) is 0 Å². The van der Waals surface area contributed by atoms with Crippen molar-refractivity contribution in [2.24, 2.45) is 0 Å². The van der Waals surface area contributed by atoms with Gasteiger partial charge in [-0.2, -0.15) is 11.8 Å². The monoisotopic (exact) mass is 267 g/mol. The number of aryl methyl sites for hydroxylation is 1. The van der Waals surface area contributed by atoms with Gasteiger partial charge < -0.3 is 10.1 Å². The minimum Gasteiger partial charge on any atom is -0.468 e. The van der Waals surface area contributed by atoms with Crippen LogP contribution in [0.25, 0.3) is 0 Å². The maximum Gasteiger partial charge on any atom is 0.322 e. The largest absolute Gasteiger partial charge is 0.468 e. The van der Waals surface area contributed by atoms with E-state index in [2.05, 4.69) is 36.5 Å². The Bertz CT molecular complexity index is 382. The third kappa shape index (κ3) is 4.70. The molecule has 0 saturated heterocycles. The number of hydrogen-bond acceptors (Lipinski definition) is 4. The number of carbonyl (C=O) groups excluding carboxylic acids is 1. The zero-order chi connectivity index (χ0) is 13.4. The zero-order valence-corrected chi connectivity index (χ0v) is 12.0. The average Bonchev–Trinajstić information content (AvgIpc) is 2.40. The number of esters is 1. The number of hydrogen-bond donors (Lipinski definition) is 1. The Kier molecular flexibility index (Phi) is 6.83. The number of methoxy groups -OCH3 is 1. The topological polar surface area (TPSA) is 38.3 Å². The van der Waals surface area contributed by atoms with Gasteiger partial charge in [0.1, 0.15) is 6.04 Å². The molecule has 3 nitrogen and oxygen atoms in total. The van der Waals surface area contributed by atoms with E-state index < -0.39 is 0 Å². The second kappa shape index (κ2) is 8.16. The molecule has 0 saturated carbocycles. The van der Waals surface area contributed by atoms with Crippen LogP contribution in [0.2, 0.25) is 0 Å². The van der Waals surface area contributed by atoms with Gasteiger partial charge in [-0.25, -0.2) is 0 Å². The summed E-state index contributed by atoms with van der Waals surface area (Å²) >= 11 is 1.84. The zero-order valence-electron chi connectivity index (χ0n) is 11.2. The molecule has 4 heteroatoms. The summed E-state index contributed by atoms with van der Waals surface area (Å²) < 4.78 is 4.73. The minimum atomic E-state index is -0.195. The van der Waals surface area contributed by atoms with Crippen molar-refractivity contribution in [2.75, 3.05) is 19.9 Å². The Morgan fingerprint density at radius 1 is 1.44 bits per heavy atom. The third-order valence-corrected chi connectivity index (χ3v) is 3.94. The van der Waals surface area contributed by atoms with Gasteiger partial charge in [0.05, 0.1) is 7.11 Å². The quantitative estimate of drug-likeness (QED) is 0.608. The molecule has 0 aliphatic heterocycles. The van der Waals surface area contributed by atoms with Crippen LogP contribution in [-0.2, 0) is 15.3 Å². The highest BCUT2D eigenvalue weighted by atomic mass is 32.2. The van der Waals surface area contributed by atoms with Crippen LogP contribution in [0.4, 0.5) is 0 Å². The Labute approximate surface area is 113 Å². The molecule has 0 heterocycles. The van der Waals surface area contributed by atoms with Gasteiger partial charge in [-0.1, -0.05) is 24.3 Å². The van der Waals surface area contributed by atoms with Crippen LogP contribution in [0.3, 0.4) is 0 Å². The number of nitrogens with one attached hydrogen (secondary N) is 1. The number of likely N-dealkylation sites (N-methyl/N-ethyl adjacent to an activating group) is 1. The molecule has 0 aliphatic rings. The van der Waals surface area contributed by atoms with Gasteiger partial charge in [0.25, 0.3) is 0 Å². The van der Waals surface area contributed by atoms with E-state index in [9.17, 15) is 4.79 Å². The molecule has 1 atom stereocenters. The lowest BCUT2D eigenvalue weighted by molar-refractivity contribution is -0.143. The Morgan fingerprint density at radius 3 is 2.78 bits per heavy atom. The molecule has 0 aliphatic carbocycles. The SMILES string of the molecule is CNC(CCSCc1ccccc1C)C(=O)OC. The minimum absolute atomic E-state index is 0.186. The summed E-state index contributed by atoms with van der Waals surface area (Å²) in [4.78, 5) is 11.4. The number of rotatable bonds is 7. The van der Waals surface area contributed by atoms with E-state index in [4.69, 9.17) is 4.74 Å². The number of ether oxygens (including phenoxy) is 1. The van der Waals surface area contributed by atoms with Crippen molar-refractivity contribution in [3.05, 3.63) is 35.4 Å². The molecule has 18 heavy (non-hydrogen) atoms. The highest BCUT2D eigenvalue weighted by Crippen LogP contribution is 2.17. The normalized spacial score (nSPS) is 12.2. The molecule has 1 rings (SSSR count). The van der Waals surface area contributed by atoms with Crippen molar-refractivity contribution in [1.82, 2.24) is 5.32 Å². The van der Waals surface area contributed by atoms with Crippen LogP contribution in [0.1, 0.15) is 17.5 Å². The molecular weight excluding hydrogens is 246 g/mol. The van der Waals surface area contributed by atoms with Gasteiger partial charge in [0, 0.05) is 5.75 Å². The maximum atomic E-state index is 11.4. The van der Waals surface area contributed by atoms with Gasteiger partial charge >= 0.3 is 5.97 Å². The number of thioether (sulfide) groups is 1. The van der Waals surface area contributed by atoms with Crippen LogP contribution in [-0.4, -0.2) is 31.9 Å². The first-order chi connectivity index (χ1) is 8.69. The lowest BCUT2D eigenvalue weighted by atomic mass is 10.1. The van der Waals surface area contributed by atoms with Gasteiger partial charge in [0.15, 0.2) is 0 Å². The van der Waals surface area contributed by atoms with E-state index in [1.807, 2.05) is 11.8 Å². The first-order valence-electron chi connectivity index (χ1n) is 6.06. The molecule has 0 spiro atoms. The second-order valence-corrected chi connectivity index (χ2v) is 5.24. The Hall–Kier alpha value is -1.00. The molecule has 0 fully saturated rings. The average molecular weight is 267 g/mol. The van der Waals surface area contributed by atoms with Crippen LogP contribution >= 0.6 is 11.8 Å². The van der Waals surface area contributed by atoms with Crippen LogP contribution in [0.15, 0.2) is 24.3 Å². The highest BCUT2D eigenvalue weighted by molar-refractivity contribution is 7.98. The van der Waals surface area contributed by atoms with Gasteiger partial charge in [-0.3, -0.25) is 4.79 Å². The van der Waals surface area contributed by atoms with Crippen molar-refractivity contribution < 1.29 is 9.53 Å². The first kappa shape index (κ1) is 15.1. The van der Waals surface area contributed by atoms with E-state index in [1.54, 1.807) is 7.05 Å². The number of benzene rings is 1. The van der Waals surface area contributed by atoms with Gasteiger partial charge in [-0.05, 0) is 37.3 Å². The van der Waals surface area contributed by atoms with Gasteiger partial charge in [-0.15, -0.1) is 0 Å². The van der Waals surface area contributed by atoms with Crippen LogP contribution in [0, 0.1) is 6.92 Å². The maximum absolute atomic E-state index is 11.4. The lowest BCUT2D eigenvalue weighted by Gasteiger charge is -2.13. The summed E-state index contributed by atoms with van der Waals surface area (Å²) in [5.74, 6) is 1.74. The summed E-state index contributed by atoms with van der Waals surface area (Å²) in [7, 11) is 3.21. The molecule has 1 unspecified atom stereocenters. The standard InChI is InChI=1S/C14H21NO2S/c1-11-6-4-5-7-12(11)10-18-9-8-13(15-2)14(16)17-3/h4-7,13,15H,8-10H2,1-3H3. The molecular formula is C14H21NO2S. The first-order valence-corrected chi connectivity index (χ1v) is 7.22. The molecule has 0 radical (unpaired) electrons. The van der Waals surface area contributed by atoms with E-state index in [-0.39, 0.29) is 12.0 Å². The molecule has 0 aromatic heterocycles. The molecule has 1 aromatic carbocycles. The van der Waals surface area contributed by atoms with Crippen molar-refractivity contribution in [1.29, 1.82) is 0 Å². The second-order valence-electron chi connectivity index (χ2n) is 4.13. The summed E-state index contributed by atoms with van der Waals surface area (Å²) in [5, 5.41) is 2.97. The van der Waals surface area contributed by atoms with Crippen molar-refractivity contribution in [2.45, 2.75) is 25.1 Å². The van der Waals surface area contributed by atoms with Crippen LogP contribution in [0.5, 0.6) is 0 Å². The van der Waals surface area contributed by atoms with E-state index >= 15 is 0 Å². The summed E-state index contributed by atoms with van der Waals surface area (Å²) in [6.07, 6.45) is 0.791. The molecule has 0 bridgehead atoms. The number of carbonyl (C=O) groups is 1. The predicted molar refractivity (Wildman–Crippen MR) is 76.8 cm³/mol. The molecule has 0 amide bonds. The summed E-state index contributed by atoms with van der Waals surface area (Å²) in [6, 6.07) is 8.20. The Balaban J connectivity index is 2.30. The molecule has 100 valence electrons. The smallest absolute Gasteiger partial charge is 0.322 e. The molecule has 1 aromatic rings.